The van der Waals surface area contributed by atoms with Gasteiger partial charge in [-0.1, -0.05) is 24.1 Å². The zero-order valence-corrected chi connectivity index (χ0v) is 14.9. The second-order valence-electron chi connectivity index (χ2n) is 5.88. The Morgan fingerprint density at radius 1 is 1.25 bits per heavy atom. The summed E-state index contributed by atoms with van der Waals surface area (Å²) in [6.45, 7) is 3.57. The van der Waals surface area contributed by atoms with Gasteiger partial charge in [-0.2, -0.15) is 0 Å². The first-order valence-electron chi connectivity index (χ1n) is 8.18. The number of nitrogens with one attached hydrogen (secondary N) is 1. The zero-order chi connectivity index (χ0) is 16.8. The Balaban J connectivity index is 1.56. The standard InChI is InChI=1S/C18H23N3O2S/c1-13-10-19-18(20-11-13)17-16(4-3-9-23-17)24-21-12-14-5-7-15(22-2)8-6-14/h5-8,10-11,16-17,21H,3-4,9,12H2,1-2H3/t16-,17+/m1/s1. The fraction of sp³-hybridized carbons (Fsp3) is 0.444. The average molecular weight is 345 g/mol. The third kappa shape index (κ3) is 4.47. The minimum Gasteiger partial charge on any atom is -0.497 e. The van der Waals surface area contributed by atoms with Crippen LogP contribution in [0.2, 0.25) is 0 Å². The number of benzene rings is 1. The van der Waals surface area contributed by atoms with Gasteiger partial charge in [0.15, 0.2) is 5.82 Å². The van der Waals surface area contributed by atoms with Crippen molar-refractivity contribution in [3.8, 4) is 5.75 Å². The summed E-state index contributed by atoms with van der Waals surface area (Å²) >= 11 is 1.72. The van der Waals surface area contributed by atoms with Crippen LogP contribution >= 0.6 is 11.9 Å². The minimum atomic E-state index is -0.0484. The van der Waals surface area contributed by atoms with Crippen LogP contribution in [-0.4, -0.2) is 28.9 Å². The molecule has 6 heteroatoms. The van der Waals surface area contributed by atoms with Crippen molar-refractivity contribution >= 4 is 11.9 Å². The maximum absolute atomic E-state index is 5.95. The second-order valence-corrected chi connectivity index (χ2v) is 7.01. The van der Waals surface area contributed by atoms with E-state index in [-0.39, 0.29) is 6.10 Å². The molecule has 2 atom stereocenters. The number of methoxy groups -OCH3 is 1. The molecule has 0 unspecified atom stereocenters. The molecule has 24 heavy (non-hydrogen) atoms. The number of aryl methyl sites for hydroxylation is 1. The normalized spacial score (nSPS) is 20.8. The van der Waals surface area contributed by atoms with E-state index < -0.39 is 0 Å². The van der Waals surface area contributed by atoms with E-state index in [1.807, 2.05) is 31.5 Å². The van der Waals surface area contributed by atoms with Gasteiger partial charge in [0.25, 0.3) is 0 Å². The highest BCUT2D eigenvalue weighted by atomic mass is 32.2. The van der Waals surface area contributed by atoms with Crippen LogP contribution in [0, 0.1) is 6.92 Å². The van der Waals surface area contributed by atoms with Crippen LogP contribution in [0.4, 0.5) is 0 Å². The van der Waals surface area contributed by atoms with E-state index in [4.69, 9.17) is 9.47 Å². The molecule has 1 aliphatic rings. The number of hydrogen-bond acceptors (Lipinski definition) is 6. The molecule has 3 rings (SSSR count). The van der Waals surface area contributed by atoms with Crippen molar-refractivity contribution in [2.24, 2.45) is 0 Å². The first-order valence-corrected chi connectivity index (χ1v) is 9.06. The van der Waals surface area contributed by atoms with Crippen molar-refractivity contribution in [1.82, 2.24) is 14.7 Å². The SMILES string of the molecule is COc1ccc(CNS[C@@H]2CCCO[C@@H]2c2ncc(C)cn2)cc1. The van der Waals surface area contributed by atoms with Gasteiger partial charge in [0.1, 0.15) is 11.9 Å². The number of nitrogens with zero attached hydrogens (tertiary/aromatic N) is 2. The smallest absolute Gasteiger partial charge is 0.158 e. The van der Waals surface area contributed by atoms with Crippen LogP contribution in [-0.2, 0) is 11.3 Å². The summed E-state index contributed by atoms with van der Waals surface area (Å²) in [5, 5.41) is 0.319. The van der Waals surface area contributed by atoms with Gasteiger partial charge in [-0.15, -0.1) is 0 Å². The van der Waals surface area contributed by atoms with Crippen LogP contribution < -0.4 is 9.46 Å². The van der Waals surface area contributed by atoms with Gasteiger partial charge in [0.2, 0.25) is 0 Å². The lowest BCUT2D eigenvalue weighted by Gasteiger charge is -2.30. The minimum absolute atomic E-state index is 0.0484. The van der Waals surface area contributed by atoms with Gasteiger partial charge in [0.05, 0.1) is 12.4 Å². The molecule has 0 bridgehead atoms. The molecule has 5 nitrogen and oxygen atoms in total. The van der Waals surface area contributed by atoms with Crippen LogP contribution in [0.5, 0.6) is 5.75 Å². The molecule has 1 saturated heterocycles. The van der Waals surface area contributed by atoms with Crippen molar-refractivity contribution in [3.05, 3.63) is 53.6 Å². The summed E-state index contributed by atoms with van der Waals surface area (Å²) in [6, 6.07) is 8.11. The lowest BCUT2D eigenvalue weighted by Crippen LogP contribution is -2.28. The fourth-order valence-corrected chi connectivity index (χ4v) is 3.71. The topological polar surface area (TPSA) is 56.3 Å². The largest absolute Gasteiger partial charge is 0.497 e. The molecule has 128 valence electrons. The molecule has 2 heterocycles. The van der Waals surface area contributed by atoms with Crippen LogP contribution in [0.25, 0.3) is 0 Å². The fourth-order valence-electron chi connectivity index (χ4n) is 2.64. The Bertz CT molecular complexity index is 634. The van der Waals surface area contributed by atoms with E-state index in [1.165, 1.54) is 5.56 Å². The Hall–Kier alpha value is -1.63. The summed E-state index contributed by atoms with van der Waals surface area (Å²) in [7, 11) is 1.68. The third-order valence-corrected chi connectivity index (χ3v) is 5.09. The number of aromatic nitrogens is 2. The highest BCUT2D eigenvalue weighted by Crippen LogP contribution is 2.33. The summed E-state index contributed by atoms with van der Waals surface area (Å²) in [5.41, 5.74) is 2.29. The monoisotopic (exact) mass is 345 g/mol. The van der Waals surface area contributed by atoms with Gasteiger partial charge in [-0.3, -0.25) is 4.72 Å². The van der Waals surface area contributed by atoms with E-state index in [1.54, 1.807) is 19.1 Å². The maximum atomic E-state index is 5.95. The molecule has 1 aromatic carbocycles. The molecule has 1 N–H and O–H groups in total. The molecule has 2 aromatic rings. The number of rotatable bonds is 6. The van der Waals surface area contributed by atoms with E-state index in [0.29, 0.717) is 5.25 Å². The molecule has 1 aromatic heterocycles. The zero-order valence-electron chi connectivity index (χ0n) is 14.1. The van der Waals surface area contributed by atoms with E-state index in [0.717, 1.165) is 43.1 Å². The Morgan fingerprint density at radius 3 is 2.71 bits per heavy atom. The van der Waals surface area contributed by atoms with Crippen molar-refractivity contribution in [2.75, 3.05) is 13.7 Å². The van der Waals surface area contributed by atoms with E-state index in [9.17, 15) is 0 Å². The summed E-state index contributed by atoms with van der Waals surface area (Å²) < 4.78 is 14.6. The molecule has 0 aliphatic carbocycles. The van der Waals surface area contributed by atoms with Crippen molar-refractivity contribution in [3.63, 3.8) is 0 Å². The summed E-state index contributed by atoms with van der Waals surface area (Å²) in [5.74, 6) is 1.66. The van der Waals surface area contributed by atoms with Crippen LogP contribution in [0.1, 0.15) is 35.9 Å². The van der Waals surface area contributed by atoms with Crippen molar-refractivity contribution < 1.29 is 9.47 Å². The predicted molar refractivity (Wildman–Crippen MR) is 95.9 cm³/mol. The number of ether oxygens (including phenoxy) is 2. The molecule has 0 saturated carbocycles. The maximum Gasteiger partial charge on any atom is 0.158 e. The van der Waals surface area contributed by atoms with Gasteiger partial charge in [-0.05, 0) is 43.0 Å². The highest BCUT2D eigenvalue weighted by molar-refractivity contribution is 7.98. The quantitative estimate of drug-likeness (QED) is 0.809. The lowest BCUT2D eigenvalue weighted by atomic mass is 10.1. The Labute approximate surface area is 147 Å². The van der Waals surface area contributed by atoms with E-state index in [2.05, 4.69) is 26.8 Å². The highest BCUT2D eigenvalue weighted by Gasteiger charge is 2.30. The molecule has 0 radical (unpaired) electrons. The van der Waals surface area contributed by atoms with Gasteiger partial charge in [0, 0.05) is 25.5 Å². The van der Waals surface area contributed by atoms with Gasteiger partial charge >= 0.3 is 0 Å². The molecule has 1 fully saturated rings. The van der Waals surface area contributed by atoms with E-state index >= 15 is 0 Å². The van der Waals surface area contributed by atoms with Crippen molar-refractivity contribution in [1.29, 1.82) is 0 Å². The second kappa shape index (κ2) is 8.46. The average Bonchev–Trinajstić information content (AvgIpc) is 2.63. The van der Waals surface area contributed by atoms with Gasteiger partial charge in [-0.25, -0.2) is 9.97 Å². The molecule has 0 amide bonds. The first-order chi connectivity index (χ1) is 11.8. The Kier molecular flexibility index (Phi) is 6.07. The summed E-state index contributed by atoms with van der Waals surface area (Å²) in [6.07, 6.45) is 5.83. The molecular weight excluding hydrogens is 322 g/mol. The molecular formula is C18H23N3O2S. The Morgan fingerprint density at radius 2 is 2.00 bits per heavy atom. The molecule has 1 aliphatic heterocycles. The first kappa shape index (κ1) is 17.2. The lowest BCUT2D eigenvalue weighted by molar-refractivity contribution is 0.0145. The number of hydrogen-bond donors (Lipinski definition) is 1. The van der Waals surface area contributed by atoms with Crippen LogP contribution in [0.15, 0.2) is 36.7 Å². The molecule has 0 spiro atoms. The van der Waals surface area contributed by atoms with Crippen molar-refractivity contribution in [2.45, 2.75) is 37.7 Å². The third-order valence-electron chi connectivity index (χ3n) is 3.99. The predicted octanol–water partition coefficient (Wildman–Crippen LogP) is 3.45. The summed E-state index contributed by atoms with van der Waals surface area (Å²) in [4.78, 5) is 8.89. The van der Waals surface area contributed by atoms with Gasteiger partial charge < -0.3 is 9.47 Å². The van der Waals surface area contributed by atoms with Crippen LogP contribution in [0.3, 0.4) is 0 Å².